The number of hydrogen-bond acceptors (Lipinski definition) is 2. The van der Waals surface area contributed by atoms with Crippen LogP contribution in [0.25, 0.3) is 0 Å². The normalized spacial score (nSPS) is 27.4. The van der Waals surface area contributed by atoms with Gasteiger partial charge in [0.05, 0.1) is 6.54 Å². The maximum Gasteiger partial charge on any atom is 0.319 e. The zero-order chi connectivity index (χ0) is 12.2. The molecule has 96 valence electrons. The van der Waals surface area contributed by atoms with Gasteiger partial charge in [-0.1, -0.05) is 6.42 Å². The average molecular weight is 242 g/mol. The van der Waals surface area contributed by atoms with Crippen LogP contribution in [0.15, 0.2) is 0 Å². The van der Waals surface area contributed by atoms with Crippen molar-refractivity contribution < 1.29 is 17.6 Å². The van der Waals surface area contributed by atoms with E-state index in [4.69, 9.17) is 0 Å². The second-order valence-electron chi connectivity index (χ2n) is 4.61. The van der Waals surface area contributed by atoms with Crippen LogP contribution in [-0.2, 0) is 0 Å². The topological polar surface area (TPSA) is 24.1 Å². The van der Waals surface area contributed by atoms with E-state index in [1.807, 2.05) is 6.92 Å². The number of alkyl halides is 4. The third kappa shape index (κ3) is 3.90. The fourth-order valence-corrected chi connectivity index (χ4v) is 1.85. The Morgan fingerprint density at radius 2 is 2.06 bits per heavy atom. The molecular formula is C10H18F4N2. The van der Waals surface area contributed by atoms with Crippen LogP contribution in [0.3, 0.4) is 0 Å². The van der Waals surface area contributed by atoms with Gasteiger partial charge in [0.1, 0.15) is 0 Å². The van der Waals surface area contributed by atoms with Crippen molar-refractivity contribution in [2.24, 2.45) is 0 Å². The van der Waals surface area contributed by atoms with Crippen molar-refractivity contribution in [1.82, 2.24) is 10.6 Å². The highest BCUT2D eigenvalue weighted by Crippen LogP contribution is 2.22. The Kier molecular flexibility index (Phi) is 4.55. The predicted octanol–water partition coefficient (Wildman–Crippen LogP) is 2.01. The van der Waals surface area contributed by atoms with Crippen LogP contribution in [0.4, 0.5) is 17.6 Å². The highest BCUT2D eigenvalue weighted by Gasteiger charge is 2.40. The van der Waals surface area contributed by atoms with Crippen molar-refractivity contribution in [3.8, 4) is 0 Å². The molecule has 1 atom stereocenters. The summed E-state index contributed by atoms with van der Waals surface area (Å²) in [4.78, 5) is 0. The minimum atomic E-state index is -3.94. The predicted molar refractivity (Wildman–Crippen MR) is 54.1 cm³/mol. The smallest absolute Gasteiger partial charge is 0.310 e. The Balaban J connectivity index is 2.29. The molecule has 16 heavy (non-hydrogen) atoms. The number of halogens is 4. The zero-order valence-corrected chi connectivity index (χ0v) is 9.33. The summed E-state index contributed by atoms with van der Waals surface area (Å²) in [6, 6.07) is 0. The molecule has 0 radical (unpaired) electrons. The summed E-state index contributed by atoms with van der Waals surface area (Å²) in [7, 11) is 0. The van der Waals surface area contributed by atoms with Gasteiger partial charge in [-0.3, -0.25) is 0 Å². The molecule has 1 aliphatic heterocycles. The van der Waals surface area contributed by atoms with Crippen LogP contribution < -0.4 is 10.6 Å². The van der Waals surface area contributed by atoms with Crippen LogP contribution >= 0.6 is 0 Å². The Bertz CT molecular complexity index is 215. The van der Waals surface area contributed by atoms with Crippen LogP contribution in [0, 0.1) is 0 Å². The highest BCUT2D eigenvalue weighted by atomic mass is 19.3. The summed E-state index contributed by atoms with van der Waals surface area (Å²) in [5.41, 5.74) is -0.254. The molecular weight excluding hydrogens is 224 g/mol. The molecule has 2 N–H and O–H groups in total. The lowest BCUT2D eigenvalue weighted by atomic mass is 9.91. The van der Waals surface area contributed by atoms with Crippen LogP contribution in [-0.4, -0.2) is 37.5 Å². The van der Waals surface area contributed by atoms with E-state index in [2.05, 4.69) is 10.6 Å². The van der Waals surface area contributed by atoms with Gasteiger partial charge < -0.3 is 10.6 Å². The molecule has 0 spiro atoms. The second-order valence-corrected chi connectivity index (χ2v) is 4.61. The van der Waals surface area contributed by atoms with Gasteiger partial charge in [0.15, 0.2) is 0 Å². The van der Waals surface area contributed by atoms with Gasteiger partial charge in [0.25, 0.3) is 0 Å². The fraction of sp³-hybridized carbons (Fsp3) is 1.00. The minimum absolute atomic E-state index is 0.254. The quantitative estimate of drug-likeness (QED) is 0.721. The number of hydrogen-bond donors (Lipinski definition) is 2. The number of piperidine rings is 1. The highest BCUT2D eigenvalue weighted by molar-refractivity contribution is 4.89. The first-order valence-electron chi connectivity index (χ1n) is 5.47. The SMILES string of the molecule is CC1(CNCC(F)(F)C(F)F)CCCCN1. The molecule has 1 aliphatic rings. The van der Waals surface area contributed by atoms with Gasteiger partial charge >= 0.3 is 12.3 Å². The van der Waals surface area contributed by atoms with Crippen LogP contribution in [0.5, 0.6) is 0 Å². The summed E-state index contributed by atoms with van der Waals surface area (Å²) in [5, 5.41) is 5.64. The summed E-state index contributed by atoms with van der Waals surface area (Å²) in [6.45, 7) is 2.08. The third-order valence-corrected chi connectivity index (χ3v) is 2.90. The monoisotopic (exact) mass is 242 g/mol. The molecule has 0 aromatic rings. The Labute approximate surface area is 92.8 Å². The molecule has 0 aliphatic carbocycles. The second kappa shape index (κ2) is 5.31. The van der Waals surface area contributed by atoms with Crippen molar-refractivity contribution >= 4 is 0 Å². The van der Waals surface area contributed by atoms with Gasteiger partial charge in [0.2, 0.25) is 0 Å². The molecule has 1 saturated heterocycles. The Morgan fingerprint density at radius 3 is 2.56 bits per heavy atom. The molecule has 1 rings (SSSR count). The van der Waals surface area contributed by atoms with Crippen LogP contribution in [0.2, 0.25) is 0 Å². The van der Waals surface area contributed by atoms with E-state index >= 15 is 0 Å². The first-order chi connectivity index (χ1) is 7.36. The average Bonchev–Trinajstić information content (AvgIpc) is 2.17. The standard InChI is InChI=1S/C10H18F4N2/c1-9(4-2-3-5-16-9)6-15-7-10(13,14)8(11)12/h8,15-16H,2-7H2,1H3. The molecule has 0 saturated carbocycles. The maximum absolute atomic E-state index is 12.6. The van der Waals surface area contributed by atoms with Crippen molar-refractivity contribution in [1.29, 1.82) is 0 Å². The molecule has 0 amide bonds. The Morgan fingerprint density at radius 1 is 1.38 bits per heavy atom. The van der Waals surface area contributed by atoms with E-state index in [0.29, 0.717) is 0 Å². The summed E-state index contributed by atoms with van der Waals surface area (Å²) in [5.74, 6) is -3.94. The van der Waals surface area contributed by atoms with Gasteiger partial charge in [-0.2, -0.15) is 8.78 Å². The molecule has 6 heteroatoms. The lowest BCUT2D eigenvalue weighted by Crippen LogP contribution is -2.54. The summed E-state index contributed by atoms with van der Waals surface area (Å²) >= 11 is 0. The molecule has 0 bridgehead atoms. The fourth-order valence-electron chi connectivity index (χ4n) is 1.85. The van der Waals surface area contributed by atoms with E-state index in [0.717, 1.165) is 25.8 Å². The van der Waals surface area contributed by atoms with E-state index in [1.54, 1.807) is 0 Å². The Hall–Kier alpha value is -0.360. The van der Waals surface area contributed by atoms with Crippen molar-refractivity contribution in [2.75, 3.05) is 19.6 Å². The lowest BCUT2D eigenvalue weighted by molar-refractivity contribution is -0.125. The number of nitrogens with one attached hydrogen (secondary N) is 2. The molecule has 1 fully saturated rings. The van der Waals surface area contributed by atoms with Crippen LogP contribution in [0.1, 0.15) is 26.2 Å². The molecule has 1 unspecified atom stereocenters. The summed E-state index contributed by atoms with van der Waals surface area (Å²) < 4.78 is 48.9. The first kappa shape index (κ1) is 13.7. The molecule has 2 nitrogen and oxygen atoms in total. The van der Waals surface area contributed by atoms with Gasteiger partial charge in [-0.15, -0.1) is 0 Å². The minimum Gasteiger partial charge on any atom is -0.310 e. The lowest BCUT2D eigenvalue weighted by Gasteiger charge is -2.35. The molecule has 1 heterocycles. The number of rotatable bonds is 5. The van der Waals surface area contributed by atoms with Gasteiger partial charge in [0, 0.05) is 12.1 Å². The third-order valence-electron chi connectivity index (χ3n) is 2.90. The largest absolute Gasteiger partial charge is 0.319 e. The van der Waals surface area contributed by atoms with Crippen molar-refractivity contribution in [2.45, 2.75) is 44.1 Å². The molecule has 0 aromatic carbocycles. The van der Waals surface area contributed by atoms with Crippen molar-refractivity contribution in [3.05, 3.63) is 0 Å². The van der Waals surface area contributed by atoms with E-state index in [1.165, 1.54) is 0 Å². The van der Waals surface area contributed by atoms with Gasteiger partial charge in [-0.05, 0) is 26.3 Å². The summed E-state index contributed by atoms with van der Waals surface area (Å²) in [6.07, 6.45) is -0.619. The van der Waals surface area contributed by atoms with E-state index in [-0.39, 0.29) is 12.1 Å². The zero-order valence-electron chi connectivity index (χ0n) is 9.33. The van der Waals surface area contributed by atoms with Crippen molar-refractivity contribution in [3.63, 3.8) is 0 Å². The maximum atomic E-state index is 12.6. The van der Waals surface area contributed by atoms with E-state index < -0.39 is 18.9 Å². The molecule has 0 aromatic heterocycles. The van der Waals surface area contributed by atoms with E-state index in [9.17, 15) is 17.6 Å². The van der Waals surface area contributed by atoms with Gasteiger partial charge in [-0.25, -0.2) is 8.78 Å². The first-order valence-corrected chi connectivity index (χ1v) is 5.47.